The monoisotopic (exact) mass is 464 g/mol. The van der Waals surface area contributed by atoms with E-state index in [4.69, 9.17) is 11.6 Å². The van der Waals surface area contributed by atoms with Gasteiger partial charge in [-0.3, -0.25) is 9.59 Å². The molecule has 172 valence electrons. The van der Waals surface area contributed by atoms with Crippen LogP contribution in [0.3, 0.4) is 0 Å². The molecule has 0 saturated carbocycles. The lowest BCUT2D eigenvalue weighted by Gasteiger charge is -2.21. The molecule has 0 spiro atoms. The van der Waals surface area contributed by atoms with E-state index in [0.29, 0.717) is 23.3 Å². The molecule has 2 unspecified atom stereocenters. The number of aromatic nitrogens is 1. The zero-order valence-electron chi connectivity index (χ0n) is 19.1. The summed E-state index contributed by atoms with van der Waals surface area (Å²) in [5.74, 6) is 1.07. The van der Waals surface area contributed by atoms with Crippen LogP contribution in [0.1, 0.15) is 22.5 Å². The van der Waals surface area contributed by atoms with Gasteiger partial charge in [-0.15, -0.1) is 0 Å². The summed E-state index contributed by atoms with van der Waals surface area (Å²) in [6, 6.07) is 15.7. The first-order valence-corrected chi connectivity index (χ1v) is 11.9. The highest BCUT2D eigenvalue weighted by Gasteiger charge is 2.42. The molecule has 2 aliphatic rings. The number of hydrogen-bond acceptors (Lipinski definition) is 3. The van der Waals surface area contributed by atoms with Gasteiger partial charge in [-0.05, 0) is 48.6 Å². The van der Waals surface area contributed by atoms with Gasteiger partial charge in [0, 0.05) is 67.8 Å². The predicted octanol–water partition coefficient (Wildman–Crippen LogP) is 4.17. The number of carbonyl (C=O) groups excluding carboxylic acids is 2. The van der Waals surface area contributed by atoms with Crippen molar-refractivity contribution in [1.82, 2.24) is 14.4 Å². The highest BCUT2D eigenvalue weighted by molar-refractivity contribution is 6.31. The SMILES string of the molecule is Cc1ccc(NC(=O)CCN2CC3CN(C(=O)c4cc5ccccc5n4C)CC3C2)cc1Cl. The summed E-state index contributed by atoms with van der Waals surface area (Å²) in [7, 11) is 1.96. The van der Waals surface area contributed by atoms with Crippen molar-refractivity contribution in [3.05, 3.63) is 64.8 Å². The Morgan fingerprint density at radius 3 is 2.45 bits per heavy atom. The molecule has 2 atom stereocenters. The highest BCUT2D eigenvalue weighted by atomic mass is 35.5. The molecule has 3 heterocycles. The third kappa shape index (κ3) is 4.37. The Morgan fingerprint density at radius 1 is 1.03 bits per heavy atom. The summed E-state index contributed by atoms with van der Waals surface area (Å²) >= 11 is 6.15. The van der Waals surface area contributed by atoms with E-state index in [1.165, 1.54) is 0 Å². The molecule has 2 amide bonds. The quantitative estimate of drug-likeness (QED) is 0.616. The van der Waals surface area contributed by atoms with Gasteiger partial charge in [0.2, 0.25) is 5.91 Å². The van der Waals surface area contributed by atoms with E-state index < -0.39 is 0 Å². The topological polar surface area (TPSA) is 57.6 Å². The van der Waals surface area contributed by atoms with E-state index in [1.807, 2.05) is 65.9 Å². The van der Waals surface area contributed by atoms with Crippen LogP contribution in [0.2, 0.25) is 5.02 Å². The Hall–Kier alpha value is -2.83. The Morgan fingerprint density at radius 2 is 1.76 bits per heavy atom. The minimum Gasteiger partial charge on any atom is -0.340 e. The summed E-state index contributed by atoms with van der Waals surface area (Å²) in [5, 5.41) is 4.69. The molecule has 0 radical (unpaired) electrons. The van der Waals surface area contributed by atoms with E-state index in [2.05, 4.69) is 10.2 Å². The number of hydrogen-bond donors (Lipinski definition) is 1. The van der Waals surface area contributed by atoms with Crippen LogP contribution < -0.4 is 5.32 Å². The lowest BCUT2D eigenvalue weighted by atomic mass is 10.0. The smallest absolute Gasteiger partial charge is 0.270 e. The molecule has 0 bridgehead atoms. The van der Waals surface area contributed by atoms with Crippen molar-refractivity contribution in [1.29, 1.82) is 0 Å². The van der Waals surface area contributed by atoms with Crippen molar-refractivity contribution in [2.24, 2.45) is 18.9 Å². The van der Waals surface area contributed by atoms with Gasteiger partial charge in [-0.1, -0.05) is 35.9 Å². The van der Waals surface area contributed by atoms with Gasteiger partial charge in [-0.25, -0.2) is 0 Å². The average molecular weight is 465 g/mol. The lowest BCUT2D eigenvalue weighted by Crippen LogP contribution is -2.35. The van der Waals surface area contributed by atoms with E-state index in [9.17, 15) is 9.59 Å². The van der Waals surface area contributed by atoms with E-state index in [0.717, 1.165) is 60.6 Å². The standard InChI is InChI=1S/C26H29ClN4O2/c1-17-7-8-21(12-22(17)27)28-25(32)9-10-30-13-19-15-31(16-20(19)14-30)26(33)24-11-18-5-3-4-6-23(18)29(24)2/h3-8,11-12,19-20H,9-10,13-16H2,1-2H3,(H,28,32). The Labute approximate surface area is 199 Å². The highest BCUT2D eigenvalue weighted by Crippen LogP contribution is 2.32. The fourth-order valence-electron chi connectivity index (χ4n) is 5.25. The minimum atomic E-state index is -0.000410. The lowest BCUT2D eigenvalue weighted by molar-refractivity contribution is -0.116. The van der Waals surface area contributed by atoms with Gasteiger partial charge in [0.25, 0.3) is 5.91 Å². The summed E-state index contributed by atoms with van der Waals surface area (Å²) < 4.78 is 2.00. The normalized spacial score (nSPS) is 20.4. The molecule has 7 heteroatoms. The first-order valence-electron chi connectivity index (χ1n) is 11.5. The number of para-hydroxylation sites is 1. The molecule has 2 aliphatic heterocycles. The van der Waals surface area contributed by atoms with Crippen molar-refractivity contribution >= 4 is 40.0 Å². The predicted molar refractivity (Wildman–Crippen MR) is 132 cm³/mol. The van der Waals surface area contributed by atoms with Crippen LogP contribution in [0, 0.1) is 18.8 Å². The van der Waals surface area contributed by atoms with Crippen LogP contribution in [0.25, 0.3) is 10.9 Å². The van der Waals surface area contributed by atoms with Crippen molar-refractivity contribution < 1.29 is 9.59 Å². The van der Waals surface area contributed by atoms with Gasteiger partial charge >= 0.3 is 0 Å². The molecule has 0 aliphatic carbocycles. The number of rotatable bonds is 5. The maximum Gasteiger partial charge on any atom is 0.270 e. The van der Waals surface area contributed by atoms with Crippen LogP contribution in [0.15, 0.2) is 48.5 Å². The number of halogens is 1. The molecule has 3 aromatic rings. The van der Waals surface area contributed by atoms with E-state index in [1.54, 1.807) is 6.07 Å². The molecule has 2 aromatic carbocycles. The van der Waals surface area contributed by atoms with Crippen molar-refractivity contribution in [2.45, 2.75) is 13.3 Å². The zero-order chi connectivity index (χ0) is 23.1. The Balaban J connectivity index is 1.13. The number of amides is 2. The molecule has 33 heavy (non-hydrogen) atoms. The molecule has 1 N–H and O–H groups in total. The average Bonchev–Trinajstić information content (AvgIpc) is 3.46. The number of carbonyl (C=O) groups is 2. The number of likely N-dealkylation sites (tertiary alicyclic amines) is 2. The molecule has 6 nitrogen and oxygen atoms in total. The summed E-state index contributed by atoms with van der Waals surface area (Å²) in [4.78, 5) is 30.0. The fraction of sp³-hybridized carbons (Fsp3) is 0.385. The van der Waals surface area contributed by atoms with Crippen molar-refractivity contribution in [3.8, 4) is 0 Å². The van der Waals surface area contributed by atoms with Gasteiger partial charge < -0.3 is 19.7 Å². The Kier molecular flexibility index (Phi) is 5.89. The first kappa shape index (κ1) is 22.0. The van der Waals surface area contributed by atoms with Gasteiger partial charge in [0.1, 0.15) is 5.69 Å². The van der Waals surface area contributed by atoms with E-state index >= 15 is 0 Å². The second-order valence-corrected chi connectivity index (χ2v) is 9.81. The Bertz CT molecular complexity index is 1210. The number of benzene rings is 2. The number of anilines is 1. The van der Waals surface area contributed by atoms with Gasteiger partial charge in [-0.2, -0.15) is 0 Å². The largest absolute Gasteiger partial charge is 0.340 e. The molecular formula is C26H29ClN4O2. The second kappa shape index (κ2) is 8.84. The summed E-state index contributed by atoms with van der Waals surface area (Å²) in [6.07, 6.45) is 0.448. The van der Waals surface area contributed by atoms with Gasteiger partial charge in [0.15, 0.2) is 0 Å². The first-order chi connectivity index (χ1) is 15.9. The number of fused-ring (bicyclic) bond motifs is 2. The van der Waals surface area contributed by atoms with Crippen LogP contribution in [0.5, 0.6) is 0 Å². The summed E-state index contributed by atoms with van der Waals surface area (Å²) in [6.45, 7) is 6.12. The number of nitrogens with zero attached hydrogens (tertiary/aromatic N) is 3. The van der Waals surface area contributed by atoms with Crippen LogP contribution in [-0.4, -0.2) is 58.9 Å². The molecule has 1 aromatic heterocycles. The molecule has 2 saturated heterocycles. The van der Waals surface area contributed by atoms with Crippen LogP contribution in [-0.2, 0) is 11.8 Å². The van der Waals surface area contributed by atoms with Gasteiger partial charge in [0.05, 0.1) is 0 Å². The maximum atomic E-state index is 13.2. The van der Waals surface area contributed by atoms with Crippen LogP contribution in [0.4, 0.5) is 5.69 Å². The minimum absolute atomic E-state index is 0.000410. The summed E-state index contributed by atoms with van der Waals surface area (Å²) in [5.41, 5.74) is 3.56. The fourth-order valence-corrected chi connectivity index (χ4v) is 5.43. The van der Waals surface area contributed by atoms with Crippen molar-refractivity contribution in [3.63, 3.8) is 0 Å². The molecule has 2 fully saturated rings. The third-order valence-electron chi connectivity index (χ3n) is 7.13. The van der Waals surface area contributed by atoms with Crippen LogP contribution >= 0.6 is 11.6 Å². The van der Waals surface area contributed by atoms with E-state index in [-0.39, 0.29) is 11.8 Å². The molecular weight excluding hydrogens is 436 g/mol. The third-order valence-corrected chi connectivity index (χ3v) is 7.54. The molecule has 5 rings (SSSR count). The number of nitrogens with one attached hydrogen (secondary N) is 1. The number of aryl methyl sites for hydroxylation is 2. The maximum absolute atomic E-state index is 13.2. The van der Waals surface area contributed by atoms with Crippen molar-refractivity contribution in [2.75, 3.05) is 38.0 Å². The second-order valence-electron chi connectivity index (χ2n) is 9.40. The zero-order valence-corrected chi connectivity index (χ0v) is 19.8.